The van der Waals surface area contributed by atoms with Gasteiger partial charge in [0.2, 0.25) is 0 Å². The molecule has 2 aromatic rings. The summed E-state index contributed by atoms with van der Waals surface area (Å²) in [6, 6.07) is 3.31. The van der Waals surface area contributed by atoms with Gasteiger partial charge in [-0.1, -0.05) is 0 Å². The molecule has 2 rings (SSSR count). The number of aliphatic hydroxyl groups is 1. The van der Waals surface area contributed by atoms with Crippen LogP contribution in [0.3, 0.4) is 0 Å². The summed E-state index contributed by atoms with van der Waals surface area (Å²) < 4.78 is 38.7. The van der Waals surface area contributed by atoms with Crippen molar-refractivity contribution in [1.82, 2.24) is 9.38 Å². The number of nitrogens with zero attached hydrogens (tertiary/aromatic N) is 2. The highest BCUT2D eigenvalue weighted by Crippen LogP contribution is 2.32. The van der Waals surface area contributed by atoms with Crippen LogP contribution >= 0.6 is 15.9 Å². The molecule has 0 saturated carbocycles. The Labute approximate surface area is 96.7 Å². The number of hydrogen-bond donors (Lipinski definition) is 1. The predicted molar refractivity (Wildman–Crippen MR) is 53.9 cm³/mol. The number of imidazole rings is 1. The second kappa shape index (κ2) is 3.74. The molecule has 1 unspecified atom stereocenters. The maximum atomic E-state index is 12.3. The molecule has 0 radical (unpaired) electrons. The van der Waals surface area contributed by atoms with Crippen molar-refractivity contribution in [2.24, 2.45) is 0 Å². The SMILES string of the molecule is OC(c1cn2cccc(Br)c2n1)C(F)(F)F. The fourth-order valence-electron chi connectivity index (χ4n) is 1.30. The first kappa shape index (κ1) is 11.4. The Morgan fingerprint density at radius 2 is 2.12 bits per heavy atom. The largest absolute Gasteiger partial charge is 0.420 e. The van der Waals surface area contributed by atoms with Gasteiger partial charge in [0.15, 0.2) is 11.8 Å². The summed E-state index contributed by atoms with van der Waals surface area (Å²) in [6.45, 7) is 0. The molecule has 0 aliphatic carbocycles. The maximum absolute atomic E-state index is 12.3. The number of aliphatic hydroxyl groups excluding tert-OH is 1. The first-order valence-electron chi connectivity index (χ1n) is 4.27. The summed E-state index contributed by atoms with van der Waals surface area (Å²) in [6.07, 6.45) is -4.55. The number of aromatic nitrogens is 2. The van der Waals surface area contributed by atoms with Crippen molar-refractivity contribution in [2.45, 2.75) is 12.3 Å². The van der Waals surface area contributed by atoms with Gasteiger partial charge in [-0.15, -0.1) is 0 Å². The van der Waals surface area contributed by atoms with E-state index in [0.29, 0.717) is 10.1 Å². The molecule has 3 nitrogen and oxygen atoms in total. The Balaban J connectivity index is 2.52. The quantitative estimate of drug-likeness (QED) is 0.878. The molecule has 0 aliphatic rings. The predicted octanol–water partition coefficient (Wildman–Crippen LogP) is 2.69. The molecule has 16 heavy (non-hydrogen) atoms. The van der Waals surface area contributed by atoms with E-state index < -0.39 is 18.0 Å². The van der Waals surface area contributed by atoms with Crippen LogP contribution in [-0.4, -0.2) is 20.7 Å². The van der Waals surface area contributed by atoms with Gasteiger partial charge >= 0.3 is 6.18 Å². The van der Waals surface area contributed by atoms with E-state index in [9.17, 15) is 13.2 Å². The summed E-state index contributed by atoms with van der Waals surface area (Å²) in [5.74, 6) is 0. The smallest absolute Gasteiger partial charge is 0.378 e. The number of pyridine rings is 1. The highest BCUT2D eigenvalue weighted by atomic mass is 79.9. The first-order valence-corrected chi connectivity index (χ1v) is 5.07. The zero-order valence-electron chi connectivity index (χ0n) is 7.74. The molecule has 0 amide bonds. The second-order valence-corrected chi connectivity index (χ2v) is 4.05. The Morgan fingerprint density at radius 3 is 2.69 bits per heavy atom. The zero-order chi connectivity index (χ0) is 11.9. The van der Waals surface area contributed by atoms with Crippen LogP contribution < -0.4 is 0 Å². The van der Waals surface area contributed by atoms with E-state index in [-0.39, 0.29) is 0 Å². The maximum Gasteiger partial charge on any atom is 0.420 e. The van der Waals surface area contributed by atoms with Crippen molar-refractivity contribution < 1.29 is 18.3 Å². The summed E-state index contributed by atoms with van der Waals surface area (Å²) in [5, 5.41) is 9.03. The zero-order valence-corrected chi connectivity index (χ0v) is 9.33. The second-order valence-electron chi connectivity index (χ2n) is 3.20. The lowest BCUT2D eigenvalue weighted by Crippen LogP contribution is -2.20. The molecule has 0 saturated heterocycles. The lowest BCUT2D eigenvalue weighted by Gasteiger charge is -2.10. The minimum atomic E-state index is -4.70. The first-order chi connectivity index (χ1) is 7.39. The van der Waals surface area contributed by atoms with Crippen LogP contribution in [0.1, 0.15) is 11.8 Å². The molecule has 0 aromatic carbocycles. The Bertz CT molecular complexity index is 523. The molecule has 0 fully saturated rings. The minimum absolute atomic E-state index is 0.334. The van der Waals surface area contributed by atoms with Crippen molar-refractivity contribution in [3.05, 3.63) is 34.7 Å². The van der Waals surface area contributed by atoms with E-state index in [1.165, 1.54) is 4.40 Å². The summed E-state index contributed by atoms with van der Waals surface area (Å²) in [4.78, 5) is 3.72. The Kier molecular flexibility index (Phi) is 2.67. The average Bonchev–Trinajstić information content (AvgIpc) is 2.60. The van der Waals surface area contributed by atoms with Crippen molar-refractivity contribution >= 4 is 21.6 Å². The Morgan fingerprint density at radius 1 is 1.44 bits per heavy atom. The molecule has 2 heterocycles. The van der Waals surface area contributed by atoms with E-state index in [0.717, 1.165) is 6.20 Å². The molecule has 7 heteroatoms. The van der Waals surface area contributed by atoms with Gasteiger partial charge in [-0.05, 0) is 28.1 Å². The average molecular weight is 295 g/mol. The number of fused-ring (bicyclic) bond motifs is 1. The van der Waals surface area contributed by atoms with Crippen molar-refractivity contribution in [3.63, 3.8) is 0 Å². The van der Waals surface area contributed by atoms with Crippen LogP contribution in [0.25, 0.3) is 5.65 Å². The van der Waals surface area contributed by atoms with E-state index in [1.807, 2.05) is 0 Å². The summed E-state index contributed by atoms with van der Waals surface area (Å²) in [7, 11) is 0. The van der Waals surface area contributed by atoms with Gasteiger partial charge in [0.1, 0.15) is 0 Å². The van der Waals surface area contributed by atoms with E-state index >= 15 is 0 Å². The lowest BCUT2D eigenvalue weighted by molar-refractivity contribution is -0.207. The highest BCUT2D eigenvalue weighted by molar-refractivity contribution is 9.10. The number of hydrogen-bond acceptors (Lipinski definition) is 2. The monoisotopic (exact) mass is 294 g/mol. The van der Waals surface area contributed by atoms with Gasteiger partial charge < -0.3 is 9.51 Å². The van der Waals surface area contributed by atoms with Gasteiger partial charge in [-0.25, -0.2) is 4.98 Å². The van der Waals surface area contributed by atoms with Gasteiger partial charge in [-0.2, -0.15) is 13.2 Å². The van der Waals surface area contributed by atoms with Crippen LogP contribution in [0.2, 0.25) is 0 Å². The van der Waals surface area contributed by atoms with Crippen LogP contribution in [0.4, 0.5) is 13.2 Å². The van der Waals surface area contributed by atoms with E-state index in [1.54, 1.807) is 18.3 Å². The van der Waals surface area contributed by atoms with Crippen LogP contribution in [0.15, 0.2) is 29.0 Å². The molecule has 0 bridgehead atoms. The van der Waals surface area contributed by atoms with Gasteiger partial charge in [0.05, 0.1) is 10.2 Å². The molecular formula is C9H6BrF3N2O. The minimum Gasteiger partial charge on any atom is -0.378 e. The van der Waals surface area contributed by atoms with Gasteiger partial charge in [0.25, 0.3) is 0 Å². The number of alkyl halides is 3. The fraction of sp³-hybridized carbons (Fsp3) is 0.222. The third-order valence-electron chi connectivity index (χ3n) is 2.04. The summed E-state index contributed by atoms with van der Waals surface area (Å²) in [5.41, 5.74) is -0.0831. The van der Waals surface area contributed by atoms with Crippen LogP contribution in [0, 0.1) is 0 Å². The normalized spacial score (nSPS) is 14.3. The van der Waals surface area contributed by atoms with Crippen molar-refractivity contribution in [1.29, 1.82) is 0 Å². The number of rotatable bonds is 1. The molecular weight excluding hydrogens is 289 g/mol. The highest BCUT2D eigenvalue weighted by Gasteiger charge is 2.41. The topological polar surface area (TPSA) is 37.5 Å². The lowest BCUT2D eigenvalue weighted by atomic mass is 10.3. The fourth-order valence-corrected chi connectivity index (χ4v) is 1.74. The number of halogens is 4. The van der Waals surface area contributed by atoms with Crippen molar-refractivity contribution in [2.75, 3.05) is 0 Å². The van der Waals surface area contributed by atoms with Crippen LogP contribution in [-0.2, 0) is 0 Å². The van der Waals surface area contributed by atoms with Gasteiger partial charge in [-0.3, -0.25) is 0 Å². The van der Waals surface area contributed by atoms with E-state index in [4.69, 9.17) is 5.11 Å². The van der Waals surface area contributed by atoms with Gasteiger partial charge in [0, 0.05) is 12.4 Å². The third kappa shape index (κ3) is 1.92. The standard InChI is InChI=1S/C9H6BrF3N2O/c10-5-2-1-3-15-4-6(14-8(5)15)7(16)9(11,12)13/h1-4,7,16H. The molecule has 1 N–H and O–H groups in total. The molecule has 2 aromatic heterocycles. The van der Waals surface area contributed by atoms with Crippen molar-refractivity contribution in [3.8, 4) is 0 Å². The molecule has 86 valence electrons. The Hall–Kier alpha value is -1.08. The molecule has 0 aliphatic heterocycles. The molecule has 0 spiro atoms. The summed E-state index contributed by atoms with van der Waals surface area (Å²) >= 11 is 3.16. The van der Waals surface area contributed by atoms with Crippen LogP contribution in [0.5, 0.6) is 0 Å². The third-order valence-corrected chi connectivity index (χ3v) is 2.66. The van der Waals surface area contributed by atoms with E-state index in [2.05, 4.69) is 20.9 Å². The molecule has 1 atom stereocenters.